The first-order valence-electron chi connectivity index (χ1n) is 5.99. The van der Waals surface area contributed by atoms with Crippen molar-refractivity contribution in [3.05, 3.63) is 27.7 Å². The average Bonchev–Trinajstić information content (AvgIpc) is 2.34. The highest BCUT2D eigenvalue weighted by Crippen LogP contribution is 2.36. The Kier molecular flexibility index (Phi) is 5.65. The minimum atomic E-state index is -1.20. The molecular weight excluding hydrogens is 305 g/mol. The molecule has 1 amide bonds. The molecule has 110 valence electrons. The lowest BCUT2D eigenvalue weighted by molar-refractivity contribution is 0.0697. The van der Waals surface area contributed by atoms with E-state index in [1.54, 1.807) is 20.8 Å². The number of nitrogens with zero attached hydrogens (tertiary/aromatic N) is 1. The van der Waals surface area contributed by atoms with Gasteiger partial charge < -0.3 is 9.84 Å². The Labute approximate surface area is 127 Å². The molecule has 7 heteroatoms. The number of carboxylic acid groups (broad SMARTS) is 1. The Hall–Kier alpha value is -1.46. The maximum atomic E-state index is 12.0. The second kappa shape index (κ2) is 6.81. The van der Waals surface area contributed by atoms with E-state index in [-0.39, 0.29) is 33.9 Å². The number of carbonyl (C=O) groups excluding carboxylic acids is 1. The van der Waals surface area contributed by atoms with Crippen molar-refractivity contribution in [2.75, 3.05) is 11.4 Å². The highest BCUT2D eigenvalue weighted by molar-refractivity contribution is 6.44. The van der Waals surface area contributed by atoms with E-state index < -0.39 is 12.1 Å². The number of carboxylic acids is 1. The van der Waals surface area contributed by atoms with Gasteiger partial charge in [-0.3, -0.25) is 4.90 Å². The van der Waals surface area contributed by atoms with Crippen LogP contribution in [0.5, 0.6) is 0 Å². The van der Waals surface area contributed by atoms with Gasteiger partial charge in [0.05, 0.1) is 27.4 Å². The van der Waals surface area contributed by atoms with Crippen LogP contribution in [0.3, 0.4) is 0 Å². The van der Waals surface area contributed by atoms with E-state index >= 15 is 0 Å². The van der Waals surface area contributed by atoms with Crippen molar-refractivity contribution in [3.8, 4) is 0 Å². The van der Waals surface area contributed by atoms with Crippen LogP contribution >= 0.6 is 23.2 Å². The third-order valence-corrected chi connectivity index (χ3v) is 3.24. The molecule has 0 unspecified atom stereocenters. The highest BCUT2D eigenvalue weighted by Gasteiger charge is 2.26. The van der Waals surface area contributed by atoms with Crippen LogP contribution in [0.2, 0.25) is 10.0 Å². The standard InChI is InChI=1S/C13H15Cl2NO4/c1-4-16(13(19)20-7(2)3)11-8(12(17)18)5-6-9(14)10(11)15/h5-7H,4H2,1-3H3,(H,17,18). The molecule has 5 nitrogen and oxygen atoms in total. The summed E-state index contributed by atoms with van der Waals surface area (Å²) in [5.41, 5.74) is -0.0678. The van der Waals surface area contributed by atoms with Crippen molar-refractivity contribution in [2.45, 2.75) is 26.9 Å². The summed E-state index contributed by atoms with van der Waals surface area (Å²) in [6, 6.07) is 2.68. The van der Waals surface area contributed by atoms with Crippen molar-refractivity contribution in [2.24, 2.45) is 0 Å². The largest absolute Gasteiger partial charge is 0.478 e. The third-order valence-electron chi connectivity index (χ3n) is 2.44. The van der Waals surface area contributed by atoms with Crippen molar-refractivity contribution < 1.29 is 19.4 Å². The highest BCUT2D eigenvalue weighted by atomic mass is 35.5. The van der Waals surface area contributed by atoms with Gasteiger partial charge in [0.15, 0.2) is 0 Å². The van der Waals surface area contributed by atoms with E-state index in [9.17, 15) is 14.7 Å². The number of anilines is 1. The molecule has 0 heterocycles. The van der Waals surface area contributed by atoms with Crippen LogP contribution in [0.25, 0.3) is 0 Å². The SMILES string of the molecule is CCN(C(=O)OC(C)C)c1c(C(=O)O)ccc(Cl)c1Cl. The van der Waals surface area contributed by atoms with Gasteiger partial charge in [0, 0.05) is 6.54 Å². The molecule has 0 saturated carbocycles. The predicted molar refractivity (Wildman–Crippen MR) is 78.1 cm³/mol. The van der Waals surface area contributed by atoms with Crippen molar-refractivity contribution in [1.29, 1.82) is 0 Å². The number of rotatable bonds is 4. The summed E-state index contributed by atoms with van der Waals surface area (Å²) in [5, 5.41) is 9.39. The molecule has 1 aromatic rings. The summed E-state index contributed by atoms with van der Waals surface area (Å²) < 4.78 is 5.08. The Morgan fingerprint density at radius 1 is 1.35 bits per heavy atom. The van der Waals surface area contributed by atoms with Crippen LogP contribution < -0.4 is 4.90 Å². The summed E-state index contributed by atoms with van der Waals surface area (Å²) in [7, 11) is 0. The zero-order valence-corrected chi connectivity index (χ0v) is 12.8. The smallest absolute Gasteiger partial charge is 0.414 e. The predicted octanol–water partition coefficient (Wildman–Crippen LogP) is 4.06. The zero-order chi connectivity index (χ0) is 15.4. The third kappa shape index (κ3) is 3.55. The number of hydrogen-bond donors (Lipinski definition) is 1. The summed E-state index contributed by atoms with van der Waals surface area (Å²) >= 11 is 12.0. The molecule has 20 heavy (non-hydrogen) atoms. The summed E-state index contributed by atoms with van der Waals surface area (Å²) in [6.45, 7) is 5.28. The lowest BCUT2D eigenvalue weighted by Gasteiger charge is -2.24. The van der Waals surface area contributed by atoms with Gasteiger partial charge >= 0.3 is 12.1 Å². The van der Waals surface area contributed by atoms with Gasteiger partial charge in [-0.15, -0.1) is 0 Å². The van der Waals surface area contributed by atoms with Gasteiger partial charge in [-0.25, -0.2) is 9.59 Å². The van der Waals surface area contributed by atoms with E-state index in [0.29, 0.717) is 0 Å². The number of carbonyl (C=O) groups is 2. The second-order valence-electron chi connectivity index (χ2n) is 4.24. The van der Waals surface area contributed by atoms with Gasteiger partial charge in [-0.1, -0.05) is 23.2 Å². The fraction of sp³-hybridized carbons (Fsp3) is 0.385. The van der Waals surface area contributed by atoms with Crippen LogP contribution in [-0.4, -0.2) is 29.8 Å². The van der Waals surface area contributed by atoms with Gasteiger partial charge in [-0.2, -0.15) is 0 Å². The molecule has 1 N–H and O–H groups in total. The Bertz CT molecular complexity index is 531. The number of benzene rings is 1. The van der Waals surface area contributed by atoms with Gasteiger partial charge in [-0.05, 0) is 32.9 Å². The molecule has 0 atom stereocenters. The molecule has 1 rings (SSSR count). The molecular formula is C13H15Cl2NO4. The fourth-order valence-electron chi connectivity index (χ4n) is 1.62. The lowest BCUT2D eigenvalue weighted by atomic mass is 10.1. The van der Waals surface area contributed by atoms with Crippen LogP contribution in [0, 0.1) is 0 Å². The number of hydrogen-bond acceptors (Lipinski definition) is 3. The first-order chi connectivity index (χ1) is 9.29. The van der Waals surface area contributed by atoms with E-state index in [1.807, 2.05) is 0 Å². The number of halogens is 2. The van der Waals surface area contributed by atoms with Gasteiger partial charge in [0.2, 0.25) is 0 Å². The summed E-state index contributed by atoms with van der Waals surface area (Å²) in [4.78, 5) is 24.5. The van der Waals surface area contributed by atoms with Crippen LogP contribution in [0.15, 0.2) is 12.1 Å². The van der Waals surface area contributed by atoms with Crippen LogP contribution in [0.4, 0.5) is 10.5 Å². The quantitative estimate of drug-likeness (QED) is 0.908. The molecule has 0 fully saturated rings. The van der Waals surface area contributed by atoms with Crippen molar-refractivity contribution in [1.82, 2.24) is 0 Å². The molecule has 0 radical (unpaired) electrons. The van der Waals surface area contributed by atoms with Gasteiger partial charge in [0.25, 0.3) is 0 Å². The van der Waals surface area contributed by atoms with Crippen LogP contribution in [-0.2, 0) is 4.74 Å². The molecule has 1 aromatic carbocycles. The fourth-order valence-corrected chi connectivity index (χ4v) is 2.04. The molecule has 0 spiro atoms. The Morgan fingerprint density at radius 3 is 2.40 bits per heavy atom. The van der Waals surface area contributed by atoms with Crippen molar-refractivity contribution >= 4 is 41.0 Å². The van der Waals surface area contributed by atoms with Crippen molar-refractivity contribution in [3.63, 3.8) is 0 Å². The Balaban J connectivity index is 3.37. The maximum absolute atomic E-state index is 12.0. The minimum Gasteiger partial charge on any atom is -0.478 e. The minimum absolute atomic E-state index is 0.00845. The van der Waals surface area contributed by atoms with E-state index in [2.05, 4.69) is 0 Å². The number of ether oxygens (including phenoxy) is 1. The monoisotopic (exact) mass is 319 g/mol. The average molecular weight is 320 g/mol. The normalized spacial score (nSPS) is 10.5. The second-order valence-corrected chi connectivity index (χ2v) is 5.02. The molecule has 0 bridgehead atoms. The summed E-state index contributed by atoms with van der Waals surface area (Å²) in [6.07, 6.45) is -1.00. The topological polar surface area (TPSA) is 66.8 Å². The van der Waals surface area contributed by atoms with E-state index in [4.69, 9.17) is 27.9 Å². The number of aromatic carboxylic acids is 1. The molecule has 0 aliphatic heterocycles. The molecule has 0 aliphatic carbocycles. The lowest BCUT2D eigenvalue weighted by Crippen LogP contribution is -2.34. The molecule has 0 aliphatic rings. The maximum Gasteiger partial charge on any atom is 0.414 e. The summed E-state index contributed by atoms with van der Waals surface area (Å²) in [5.74, 6) is -1.20. The molecule has 0 saturated heterocycles. The van der Waals surface area contributed by atoms with Gasteiger partial charge in [0.1, 0.15) is 0 Å². The van der Waals surface area contributed by atoms with E-state index in [0.717, 1.165) is 4.90 Å². The zero-order valence-electron chi connectivity index (χ0n) is 11.3. The first-order valence-corrected chi connectivity index (χ1v) is 6.74. The molecule has 0 aromatic heterocycles. The first kappa shape index (κ1) is 16.6. The van der Waals surface area contributed by atoms with E-state index in [1.165, 1.54) is 12.1 Å². The Morgan fingerprint density at radius 2 is 1.95 bits per heavy atom. The number of amides is 1. The van der Waals surface area contributed by atoms with Crippen LogP contribution in [0.1, 0.15) is 31.1 Å².